The van der Waals surface area contributed by atoms with Gasteiger partial charge in [-0.3, -0.25) is 4.79 Å². The first kappa shape index (κ1) is 18.0. The molecule has 0 saturated heterocycles. The van der Waals surface area contributed by atoms with Crippen molar-refractivity contribution >= 4 is 17.3 Å². The first-order valence-electron chi connectivity index (χ1n) is 8.53. The van der Waals surface area contributed by atoms with E-state index >= 15 is 0 Å². The number of nitrogens with zero attached hydrogens (tertiary/aromatic N) is 1. The van der Waals surface area contributed by atoms with Gasteiger partial charge in [-0.25, -0.2) is 0 Å². The predicted octanol–water partition coefficient (Wildman–Crippen LogP) is 4.19. The Morgan fingerprint density at radius 3 is 2.44 bits per heavy atom. The van der Waals surface area contributed by atoms with E-state index in [0.29, 0.717) is 17.9 Å². The second-order valence-electron chi connectivity index (χ2n) is 5.89. The van der Waals surface area contributed by atoms with Crippen LogP contribution in [0.2, 0.25) is 0 Å². The van der Waals surface area contributed by atoms with Gasteiger partial charge >= 0.3 is 0 Å². The molecule has 0 heterocycles. The molecule has 2 N–H and O–H groups in total. The van der Waals surface area contributed by atoms with Crippen LogP contribution in [-0.2, 0) is 11.4 Å². The van der Waals surface area contributed by atoms with Crippen LogP contribution in [-0.4, -0.2) is 12.5 Å². The second kappa shape index (κ2) is 9.07. The minimum absolute atomic E-state index is 0.126. The maximum atomic E-state index is 12.0. The summed E-state index contributed by atoms with van der Waals surface area (Å²) in [5, 5.41) is 14.7. The van der Waals surface area contributed by atoms with Crippen LogP contribution in [0, 0.1) is 11.3 Å². The fourth-order valence-electron chi connectivity index (χ4n) is 2.46. The maximum Gasteiger partial charge on any atom is 0.243 e. The van der Waals surface area contributed by atoms with E-state index in [0.717, 1.165) is 17.0 Å². The van der Waals surface area contributed by atoms with Gasteiger partial charge in [0.05, 0.1) is 18.2 Å². The Kier molecular flexibility index (Phi) is 6.05. The first-order chi connectivity index (χ1) is 13.2. The Morgan fingerprint density at radius 2 is 1.70 bits per heavy atom. The molecule has 0 atom stereocenters. The topological polar surface area (TPSA) is 74.2 Å². The lowest BCUT2D eigenvalue weighted by molar-refractivity contribution is -0.114. The van der Waals surface area contributed by atoms with Gasteiger partial charge in [0, 0.05) is 11.4 Å². The van der Waals surface area contributed by atoms with Crippen molar-refractivity contribution in [2.45, 2.75) is 6.61 Å². The van der Waals surface area contributed by atoms with Gasteiger partial charge in [0.25, 0.3) is 0 Å². The fraction of sp³-hybridized carbons (Fsp3) is 0.0909. The summed E-state index contributed by atoms with van der Waals surface area (Å²) < 4.78 is 5.74. The number of amides is 1. The zero-order chi connectivity index (χ0) is 18.9. The lowest BCUT2D eigenvalue weighted by Gasteiger charge is -2.10. The summed E-state index contributed by atoms with van der Waals surface area (Å²) in [6.07, 6.45) is 0. The largest absolute Gasteiger partial charge is 0.489 e. The molecule has 0 bridgehead atoms. The molecule has 0 fully saturated rings. The highest BCUT2D eigenvalue weighted by Crippen LogP contribution is 2.17. The first-order valence-corrected chi connectivity index (χ1v) is 8.53. The third-order valence-electron chi connectivity index (χ3n) is 3.83. The number of benzene rings is 3. The molecule has 5 nitrogen and oxygen atoms in total. The second-order valence-corrected chi connectivity index (χ2v) is 5.89. The van der Waals surface area contributed by atoms with Crippen molar-refractivity contribution in [1.82, 2.24) is 0 Å². The molecule has 27 heavy (non-hydrogen) atoms. The summed E-state index contributed by atoms with van der Waals surface area (Å²) >= 11 is 0. The molecule has 0 spiro atoms. The molecular formula is C22H19N3O2. The molecule has 0 saturated carbocycles. The number of rotatable bonds is 7. The average Bonchev–Trinajstić information content (AvgIpc) is 2.72. The summed E-state index contributed by atoms with van der Waals surface area (Å²) in [7, 11) is 0. The van der Waals surface area contributed by atoms with E-state index in [1.165, 1.54) is 0 Å². The van der Waals surface area contributed by atoms with E-state index in [1.807, 2.05) is 60.7 Å². The molecule has 3 rings (SSSR count). The molecule has 0 aromatic heterocycles. The van der Waals surface area contributed by atoms with Gasteiger partial charge in [0.2, 0.25) is 5.91 Å². The Bertz CT molecular complexity index is 932. The Labute approximate surface area is 158 Å². The van der Waals surface area contributed by atoms with E-state index in [4.69, 9.17) is 10.00 Å². The highest BCUT2D eigenvalue weighted by molar-refractivity contribution is 5.93. The third-order valence-corrected chi connectivity index (χ3v) is 3.83. The normalized spacial score (nSPS) is 9.89. The molecule has 3 aromatic rings. The van der Waals surface area contributed by atoms with E-state index in [9.17, 15) is 4.79 Å². The van der Waals surface area contributed by atoms with Crippen LogP contribution >= 0.6 is 0 Å². The van der Waals surface area contributed by atoms with Crippen LogP contribution in [0.15, 0.2) is 78.9 Å². The van der Waals surface area contributed by atoms with Crippen molar-refractivity contribution in [3.05, 3.63) is 90.0 Å². The maximum absolute atomic E-state index is 12.0. The van der Waals surface area contributed by atoms with Crippen LogP contribution in [0.5, 0.6) is 5.75 Å². The number of carbonyl (C=O) groups is 1. The zero-order valence-corrected chi connectivity index (χ0v) is 14.7. The molecule has 0 unspecified atom stereocenters. The van der Waals surface area contributed by atoms with Gasteiger partial charge in [-0.15, -0.1) is 0 Å². The summed E-state index contributed by atoms with van der Waals surface area (Å²) in [6.45, 7) is 0.638. The predicted molar refractivity (Wildman–Crippen MR) is 105 cm³/mol. The molecule has 0 radical (unpaired) electrons. The van der Waals surface area contributed by atoms with E-state index in [-0.39, 0.29) is 12.5 Å². The molecule has 0 aliphatic rings. The molecule has 0 aliphatic carbocycles. The zero-order valence-electron chi connectivity index (χ0n) is 14.7. The number of nitrogens with one attached hydrogen (secondary N) is 2. The smallest absolute Gasteiger partial charge is 0.243 e. The lowest BCUT2D eigenvalue weighted by atomic mass is 10.2. The average molecular weight is 357 g/mol. The molecule has 134 valence electrons. The van der Waals surface area contributed by atoms with Crippen molar-refractivity contribution in [3.63, 3.8) is 0 Å². The summed E-state index contributed by atoms with van der Waals surface area (Å²) in [6, 6.07) is 26.3. The number of hydrogen-bond acceptors (Lipinski definition) is 4. The third kappa shape index (κ3) is 5.62. The fourth-order valence-corrected chi connectivity index (χ4v) is 2.46. The van der Waals surface area contributed by atoms with Crippen LogP contribution in [0.1, 0.15) is 11.1 Å². The van der Waals surface area contributed by atoms with Gasteiger partial charge in [0.15, 0.2) is 0 Å². The van der Waals surface area contributed by atoms with Crippen LogP contribution in [0.25, 0.3) is 0 Å². The minimum atomic E-state index is -0.186. The number of ether oxygens (including phenoxy) is 1. The monoisotopic (exact) mass is 357 g/mol. The summed E-state index contributed by atoms with van der Waals surface area (Å²) in [5.41, 5.74) is 3.04. The van der Waals surface area contributed by atoms with Crippen LogP contribution < -0.4 is 15.4 Å². The van der Waals surface area contributed by atoms with E-state index in [1.54, 1.807) is 24.3 Å². The Balaban J connectivity index is 1.46. The van der Waals surface area contributed by atoms with Crippen LogP contribution in [0.3, 0.4) is 0 Å². The van der Waals surface area contributed by atoms with Gasteiger partial charge in [0.1, 0.15) is 12.4 Å². The number of carbonyl (C=O) groups excluding carboxylic acids is 1. The number of nitriles is 1. The summed E-state index contributed by atoms with van der Waals surface area (Å²) in [5.74, 6) is 0.580. The lowest BCUT2D eigenvalue weighted by Crippen LogP contribution is -2.21. The highest BCUT2D eigenvalue weighted by atomic mass is 16.5. The van der Waals surface area contributed by atoms with E-state index < -0.39 is 0 Å². The number of anilines is 2. The highest BCUT2D eigenvalue weighted by Gasteiger charge is 2.03. The van der Waals surface area contributed by atoms with Crippen molar-refractivity contribution < 1.29 is 9.53 Å². The minimum Gasteiger partial charge on any atom is -0.489 e. The quantitative estimate of drug-likeness (QED) is 0.665. The molecule has 1 amide bonds. The van der Waals surface area contributed by atoms with Gasteiger partial charge in [-0.2, -0.15) is 5.26 Å². The Morgan fingerprint density at radius 1 is 0.926 bits per heavy atom. The number of hydrogen-bond donors (Lipinski definition) is 2. The van der Waals surface area contributed by atoms with Crippen molar-refractivity contribution in [2.24, 2.45) is 0 Å². The SMILES string of the molecule is N#Cc1cccc(NC(=O)CNc2ccc(OCc3ccccc3)cc2)c1. The van der Waals surface area contributed by atoms with Crippen molar-refractivity contribution in [3.8, 4) is 11.8 Å². The van der Waals surface area contributed by atoms with Gasteiger partial charge in [-0.1, -0.05) is 36.4 Å². The van der Waals surface area contributed by atoms with E-state index in [2.05, 4.69) is 10.6 Å². The molecule has 5 heteroatoms. The van der Waals surface area contributed by atoms with Crippen molar-refractivity contribution in [2.75, 3.05) is 17.2 Å². The molecule has 0 aliphatic heterocycles. The molecular weight excluding hydrogens is 338 g/mol. The van der Waals surface area contributed by atoms with Gasteiger partial charge < -0.3 is 15.4 Å². The van der Waals surface area contributed by atoms with Crippen LogP contribution in [0.4, 0.5) is 11.4 Å². The van der Waals surface area contributed by atoms with Crippen molar-refractivity contribution in [1.29, 1.82) is 5.26 Å². The molecule has 3 aromatic carbocycles. The summed E-state index contributed by atoms with van der Waals surface area (Å²) in [4.78, 5) is 12.0. The standard InChI is InChI=1S/C22H19N3O2/c23-14-18-7-4-8-20(13-18)25-22(26)15-24-19-9-11-21(12-10-19)27-16-17-5-2-1-3-6-17/h1-13,24H,15-16H2,(H,25,26). The Hall–Kier alpha value is -3.78. The van der Waals surface area contributed by atoms with Gasteiger partial charge in [-0.05, 0) is 48.0 Å².